The van der Waals surface area contributed by atoms with Gasteiger partial charge in [-0.25, -0.2) is 0 Å². The number of nitrogens with zero attached hydrogens (tertiary/aromatic N) is 1. The molecule has 0 bridgehead atoms. The largest absolute Gasteiger partial charge is 0.414 e. The zero-order valence-electron chi connectivity index (χ0n) is 22.0. The Morgan fingerprint density at radius 1 is 0.972 bits per heavy atom. The first-order chi connectivity index (χ1) is 17.0. The van der Waals surface area contributed by atoms with Crippen molar-refractivity contribution in [1.82, 2.24) is 4.90 Å². The van der Waals surface area contributed by atoms with Crippen molar-refractivity contribution in [3.8, 4) is 0 Å². The lowest BCUT2D eigenvalue weighted by Gasteiger charge is -2.45. The summed E-state index contributed by atoms with van der Waals surface area (Å²) in [6.45, 7) is 11.7. The molecule has 2 aromatic carbocycles. The van der Waals surface area contributed by atoms with Gasteiger partial charge >= 0.3 is 0 Å². The minimum Gasteiger partial charge on any atom is -0.414 e. The van der Waals surface area contributed by atoms with Crippen LogP contribution in [0, 0.1) is 0 Å². The van der Waals surface area contributed by atoms with Crippen LogP contribution in [0.3, 0.4) is 0 Å². The molecule has 194 valence electrons. The summed E-state index contributed by atoms with van der Waals surface area (Å²) in [7, 11) is -0.473. The molecule has 0 aromatic heterocycles. The van der Waals surface area contributed by atoms with E-state index >= 15 is 0 Å². The number of hydrogen-bond donors (Lipinski definition) is 0. The van der Waals surface area contributed by atoms with Gasteiger partial charge in [0, 0.05) is 13.5 Å². The highest BCUT2D eigenvalue weighted by molar-refractivity contribution is 6.74. The molecule has 8 heteroatoms. The van der Waals surface area contributed by atoms with Gasteiger partial charge in [-0.2, -0.15) is 0 Å². The predicted octanol–water partition coefficient (Wildman–Crippen LogP) is 5.02. The third kappa shape index (κ3) is 5.33. The lowest BCUT2D eigenvalue weighted by molar-refractivity contribution is -0.244. The van der Waals surface area contributed by atoms with Gasteiger partial charge in [0.2, 0.25) is 0 Å². The molecule has 0 spiro atoms. The number of hydrogen-bond acceptors (Lipinski definition) is 6. The number of benzene rings is 2. The molecule has 0 saturated carbocycles. The molecule has 1 saturated heterocycles. The number of fused-ring (bicyclic) bond motifs is 1. The van der Waals surface area contributed by atoms with Crippen LogP contribution >= 0.6 is 0 Å². The average molecular weight is 512 g/mol. The molecule has 0 radical (unpaired) electrons. The van der Waals surface area contributed by atoms with Crippen LogP contribution < -0.4 is 0 Å². The van der Waals surface area contributed by atoms with E-state index in [2.05, 4.69) is 33.9 Å². The summed E-state index contributed by atoms with van der Waals surface area (Å²) in [6.07, 6.45) is -1.15. The van der Waals surface area contributed by atoms with E-state index in [1.807, 2.05) is 30.3 Å². The summed E-state index contributed by atoms with van der Waals surface area (Å²) in [4.78, 5) is 28.0. The van der Waals surface area contributed by atoms with Crippen LogP contribution in [-0.2, 0) is 25.2 Å². The van der Waals surface area contributed by atoms with Crippen molar-refractivity contribution in [3.63, 3.8) is 0 Å². The zero-order chi connectivity index (χ0) is 26.1. The summed E-state index contributed by atoms with van der Waals surface area (Å²) in [5.41, 5.74) is 1.79. The van der Waals surface area contributed by atoms with Crippen LogP contribution in [0.1, 0.15) is 53.5 Å². The topological polar surface area (TPSA) is 74.3 Å². The number of ether oxygens (including phenoxy) is 3. The van der Waals surface area contributed by atoms with Crippen LogP contribution in [0.2, 0.25) is 18.1 Å². The Labute approximate surface area is 214 Å². The van der Waals surface area contributed by atoms with Gasteiger partial charge in [0.15, 0.2) is 14.6 Å². The second-order valence-electron chi connectivity index (χ2n) is 11.0. The maximum Gasteiger partial charge on any atom is 0.262 e. The van der Waals surface area contributed by atoms with Gasteiger partial charge in [0.25, 0.3) is 11.8 Å². The van der Waals surface area contributed by atoms with E-state index in [1.165, 1.54) is 12.0 Å². The summed E-state index contributed by atoms with van der Waals surface area (Å²) >= 11 is 0. The monoisotopic (exact) mass is 511 g/mol. The molecule has 7 nitrogen and oxygen atoms in total. The quantitative estimate of drug-likeness (QED) is 0.366. The highest BCUT2D eigenvalue weighted by Crippen LogP contribution is 2.38. The van der Waals surface area contributed by atoms with Crippen molar-refractivity contribution >= 4 is 20.1 Å². The van der Waals surface area contributed by atoms with Crippen molar-refractivity contribution < 1.29 is 28.2 Å². The van der Waals surface area contributed by atoms with Crippen LogP contribution in [0.5, 0.6) is 0 Å². The molecule has 4 rings (SSSR count). The fourth-order valence-electron chi connectivity index (χ4n) is 4.43. The molecule has 1 fully saturated rings. The first kappa shape index (κ1) is 26.7. The van der Waals surface area contributed by atoms with Crippen molar-refractivity contribution in [1.29, 1.82) is 0 Å². The number of carbonyl (C=O) groups is 2. The molecule has 0 aliphatic carbocycles. The fraction of sp³-hybridized carbons (Fsp3) is 0.500. The van der Waals surface area contributed by atoms with Crippen LogP contribution in [0.25, 0.3) is 0 Å². The molecule has 2 aliphatic rings. The fourth-order valence-corrected chi connectivity index (χ4v) is 5.47. The zero-order valence-corrected chi connectivity index (χ0v) is 23.0. The number of rotatable bonds is 8. The van der Waals surface area contributed by atoms with Gasteiger partial charge in [0.1, 0.15) is 6.04 Å². The SMILES string of the molecule is COC1O[C@H](CO[Si](C)(C)C(C)(C)C)C[C@H](OCc2ccccc2)[C@H]1N1C(=O)c2ccccc2C1=O. The Balaban J connectivity index is 1.59. The molecule has 2 amide bonds. The Bertz CT molecular complexity index is 1050. The number of amides is 2. The van der Waals surface area contributed by atoms with Gasteiger partial charge in [0.05, 0.1) is 36.5 Å². The Morgan fingerprint density at radius 3 is 2.11 bits per heavy atom. The maximum absolute atomic E-state index is 13.4. The normalized spacial score (nSPS) is 24.8. The van der Waals surface area contributed by atoms with E-state index in [4.69, 9.17) is 18.6 Å². The van der Waals surface area contributed by atoms with E-state index in [-0.39, 0.29) is 23.0 Å². The highest BCUT2D eigenvalue weighted by Gasteiger charge is 2.51. The molecule has 2 heterocycles. The Kier molecular flexibility index (Phi) is 7.82. The van der Waals surface area contributed by atoms with Gasteiger partial charge in [-0.3, -0.25) is 14.5 Å². The third-order valence-corrected chi connectivity index (χ3v) is 12.1. The molecule has 4 atom stereocenters. The third-order valence-electron chi connectivity index (χ3n) is 7.58. The summed E-state index contributed by atoms with van der Waals surface area (Å²) < 4.78 is 24.9. The Hall–Kier alpha value is -2.36. The molecule has 36 heavy (non-hydrogen) atoms. The molecule has 0 N–H and O–H groups in total. The van der Waals surface area contributed by atoms with Crippen LogP contribution in [0.15, 0.2) is 54.6 Å². The van der Waals surface area contributed by atoms with E-state index in [1.54, 1.807) is 24.3 Å². The van der Waals surface area contributed by atoms with E-state index in [0.717, 1.165) is 5.56 Å². The van der Waals surface area contributed by atoms with E-state index in [9.17, 15) is 9.59 Å². The van der Waals surface area contributed by atoms with Crippen LogP contribution in [-0.4, -0.2) is 63.3 Å². The smallest absolute Gasteiger partial charge is 0.262 e. The first-order valence-corrected chi connectivity index (χ1v) is 15.4. The minimum absolute atomic E-state index is 0.0637. The predicted molar refractivity (Wildman–Crippen MR) is 139 cm³/mol. The number of imide groups is 1. The molecular weight excluding hydrogens is 474 g/mol. The lowest BCUT2D eigenvalue weighted by atomic mass is 9.98. The van der Waals surface area contributed by atoms with Crippen molar-refractivity contribution in [2.45, 2.75) is 76.5 Å². The maximum atomic E-state index is 13.4. The molecule has 2 aromatic rings. The first-order valence-electron chi connectivity index (χ1n) is 12.5. The van der Waals surface area contributed by atoms with Gasteiger partial charge < -0.3 is 18.6 Å². The second-order valence-corrected chi connectivity index (χ2v) is 15.8. The number of carbonyl (C=O) groups excluding carboxylic acids is 2. The average Bonchev–Trinajstić information content (AvgIpc) is 3.11. The Morgan fingerprint density at radius 2 is 1.56 bits per heavy atom. The summed E-state index contributed by atoms with van der Waals surface area (Å²) in [5.74, 6) is -0.703. The van der Waals surface area contributed by atoms with Gasteiger partial charge in [-0.05, 0) is 35.8 Å². The second kappa shape index (κ2) is 10.6. The minimum atomic E-state index is -2.00. The van der Waals surface area contributed by atoms with Gasteiger partial charge in [-0.1, -0.05) is 63.2 Å². The van der Waals surface area contributed by atoms with Gasteiger partial charge in [-0.15, -0.1) is 0 Å². The van der Waals surface area contributed by atoms with Crippen molar-refractivity contribution in [2.24, 2.45) is 0 Å². The van der Waals surface area contributed by atoms with E-state index in [0.29, 0.717) is 30.8 Å². The highest BCUT2D eigenvalue weighted by atomic mass is 28.4. The summed E-state index contributed by atoms with van der Waals surface area (Å²) in [6, 6.07) is 16.0. The number of methoxy groups -OCH3 is 1. The summed E-state index contributed by atoms with van der Waals surface area (Å²) in [5, 5.41) is 0.0637. The van der Waals surface area contributed by atoms with E-state index < -0.39 is 26.8 Å². The standard InChI is InChI=1S/C28H37NO6Si/c1-28(2,3)36(5,6)34-18-20-16-23(33-17-19-12-8-7-9-13-19)24(27(32-4)35-20)29-25(30)21-14-10-11-15-22(21)26(29)31/h7-15,20,23-24,27H,16-18H2,1-6H3/t20-,23-,24+,27?/m0/s1. The van der Waals surface area contributed by atoms with Crippen molar-refractivity contribution in [3.05, 3.63) is 71.3 Å². The van der Waals surface area contributed by atoms with Crippen molar-refractivity contribution in [2.75, 3.05) is 13.7 Å². The molecule has 2 aliphatic heterocycles. The molecule has 1 unspecified atom stereocenters. The lowest BCUT2D eigenvalue weighted by Crippen LogP contribution is -2.61. The molecular formula is C28H37NO6Si. The van der Waals surface area contributed by atoms with Crippen LogP contribution in [0.4, 0.5) is 0 Å².